The number of nitrogens with one attached hydrogen (secondary N) is 1. The van der Waals surface area contributed by atoms with Gasteiger partial charge >= 0.3 is 0 Å². The molecule has 5 nitrogen and oxygen atoms in total. The third kappa shape index (κ3) is 3.86. The minimum absolute atomic E-state index is 0.272. The number of aromatic nitrogens is 4. The molecule has 0 bridgehead atoms. The lowest BCUT2D eigenvalue weighted by Crippen LogP contribution is -2.33. The van der Waals surface area contributed by atoms with E-state index in [-0.39, 0.29) is 12.1 Å². The van der Waals surface area contributed by atoms with Crippen molar-refractivity contribution in [3.63, 3.8) is 0 Å². The number of nitrogens with zero attached hydrogens (tertiary/aromatic N) is 4. The largest absolute Gasteiger partial charge is 0.307 e. The minimum atomic E-state index is 0.272. The molecule has 3 aromatic rings. The van der Waals surface area contributed by atoms with Crippen molar-refractivity contribution in [2.45, 2.75) is 39.4 Å². The highest BCUT2D eigenvalue weighted by molar-refractivity contribution is 5.54. The van der Waals surface area contributed by atoms with Gasteiger partial charge in [0, 0.05) is 30.5 Å². The van der Waals surface area contributed by atoms with Gasteiger partial charge in [-0.3, -0.25) is 4.68 Å². The number of aryl methyl sites for hydroxylation is 1. The maximum atomic E-state index is 4.66. The minimum Gasteiger partial charge on any atom is -0.307 e. The number of benzene rings is 1. The Morgan fingerprint density at radius 1 is 1.12 bits per heavy atom. The first-order valence-corrected chi connectivity index (χ1v) is 8.25. The van der Waals surface area contributed by atoms with Gasteiger partial charge in [0.15, 0.2) is 5.82 Å². The first-order valence-electron chi connectivity index (χ1n) is 8.25. The lowest BCUT2D eigenvalue weighted by molar-refractivity contribution is 0.363. The molecule has 3 rings (SSSR count). The van der Waals surface area contributed by atoms with Crippen LogP contribution in [0, 0.1) is 6.92 Å². The molecule has 0 amide bonds. The zero-order valence-corrected chi connectivity index (χ0v) is 14.3. The Morgan fingerprint density at radius 3 is 2.62 bits per heavy atom. The number of hydrogen-bond donors (Lipinski definition) is 1. The van der Waals surface area contributed by atoms with E-state index in [1.165, 1.54) is 5.56 Å². The molecule has 1 N–H and O–H groups in total. The fourth-order valence-corrected chi connectivity index (χ4v) is 2.54. The standard InChI is InChI=1S/C19H23N5/c1-14-11-22-24(13-14)16(3)15(2)21-12-18-9-10-20-19(23-18)17-7-5-4-6-8-17/h4-11,13,15-16,21H,12H2,1-3H3. The van der Waals surface area contributed by atoms with E-state index in [4.69, 9.17) is 0 Å². The molecule has 0 saturated heterocycles. The SMILES string of the molecule is Cc1cnn(C(C)C(C)NCc2ccnc(-c3ccccc3)n2)c1. The Kier molecular flexibility index (Phi) is 5.01. The van der Waals surface area contributed by atoms with Crippen LogP contribution in [0.2, 0.25) is 0 Å². The van der Waals surface area contributed by atoms with Crippen LogP contribution >= 0.6 is 0 Å². The molecule has 0 aliphatic rings. The van der Waals surface area contributed by atoms with E-state index in [0.717, 1.165) is 17.1 Å². The summed E-state index contributed by atoms with van der Waals surface area (Å²) in [5, 5.41) is 7.93. The highest BCUT2D eigenvalue weighted by Crippen LogP contribution is 2.14. The van der Waals surface area contributed by atoms with Crippen molar-refractivity contribution in [1.29, 1.82) is 0 Å². The fourth-order valence-electron chi connectivity index (χ4n) is 2.54. The van der Waals surface area contributed by atoms with Gasteiger partial charge in [-0.05, 0) is 32.4 Å². The Labute approximate surface area is 142 Å². The van der Waals surface area contributed by atoms with Crippen LogP contribution in [-0.2, 0) is 6.54 Å². The van der Waals surface area contributed by atoms with Crippen LogP contribution in [0.1, 0.15) is 31.1 Å². The molecule has 0 radical (unpaired) electrons. The number of hydrogen-bond acceptors (Lipinski definition) is 4. The van der Waals surface area contributed by atoms with Gasteiger partial charge in [-0.15, -0.1) is 0 Å². The molecular weight excluding hydrogens is 298 g/mol. The molecule has 2 atom stereocenters. The monoisotopic (exact) mass is 321 g/mol. The van der Waals surface area contributed by atoms with Crippen LogP contribution in [0.25, 0.3) is 11.4 Å². The van der Waals surface area contributed by atoms with E-state index in [1.54, 1.807) is 0 Å². The molecule has 0 spiro atoms. The summed E-state index contributed by atoms with van der Waals surface area (Å²) in [7, 11) is 0. The molecule has 24 heavy (non-hydrogen) atoms. The Balaban J connectivity index is 1.64. The van der Waals surface area contributed by atoms with Crippen molar-refractivity contribution in [2.24, 2.45) is 0 Å². The third-order valence-electron chi connectivity index (χ3n) is 4.22. The van der Waals surface area contributed by atoms with Gasteiger partial charge in [-0.25, -0.2) is 9.97 Å². The van der Waals surface area contributed by atoms with Gasteiger partial charge in [0.2, 0.25) is 0 Å². The van der Waals surface area contributed by atoms with Crippen molar-refractivity contribution in [3.05, 3.63) is 66.2 Å². The van der Waals surface area contributed by atoms with Crippen LogP contribution in [-0.4, -0.2) is 25.8 Å². The molecule has 124 valence electrons. The van der Waals surface area contributed by atoms with Crippen LogP contribution in [0.15, 0.2) is 55.0 Å². The van der Waals surface area contributed by atoms with E-state index < -0.39 is 0 Å². The predicted molar refractivity (Wildman–Crippen MR) is 95.4 cm³/mol. The molecule has 1 aromatic carbocycles. The zero-order valence-electron chi connectivity index (χ0n) is 14.3. The number of rotatable bonds is 6. The van der Waals surface area contributed by atoms with E-state index in [0.29, 0.717) is 6.54 Å². The van der Waals surface area contributed by atoms with Crippen molar-refractivity contribution in [2.75, 3.05) is 0 Å². The van der Waals surface area contributed by atoms with E-state index in [1.807, 2.05) is 53.5 Å². The molecule has 5 heteroatoms. The average molecular weight is 321 g/mol. The van der Waals surface area contributed by atoms with E-state index >= 15 is 0 Å². The summed E-state index contributed by atoms with van der Waals surface area (Å²) in [6, 6.07) is 12.5. The van der Waals surface area contributed by atoms with Gasteiger partial charge in [-0.2, -0.15) is 5.10 Å². The maximum Gasteiger partial charge on any atom is 0.159 e. The summed E-state index contributed by atoms with van der Waals surface area (Å²) in [4.78, 5) is 9.02. The second-order valence-corrected chi connectivity index (χ2v) is 6.15. The first-order chi connectivity index (χ1) is 11.6. The normalized spacial score (nSPS) is 13.6. The molecule has 0 aliphatic heterocycles. The lowest BCUT2D eigenvalue weighted by Gasteiger charge is -2.21. The molecule has 0 saturated carbocycles. The maximum absolute atomic E-state index is 4.66. The summed E-state index contributed by atoms with van der Waals surface area (Å²) in [5.74, 6) is 0.762. The molecule has 2 heterocycles. The van der Waals surface area contributed by atoms with Crippen molar-refractivity contribution in [1.82, 2.24) is 25.1 Å². The smallest absolute Gasteiger partial charge is 0.159 e. The summed E-state index contributed by atoms with van der Waals surface area (Å²) < 4.78 is 2.00. The highest BCUT2D eigenvalue weighted by Gasteiger charge is 2.14. The van der Waals surface area contributed by atoms with Crippen LogP contribution in [0.3, 0.4) is 0 Å². The summed E-state index contributed by atoms with van der Waals surface area (Å²) in [6.45, 7) is 7.09. The van der Waals surface area contributed by atoms with Crippen molar-refractivity contribution >= 4 is 0 Å². The van der Waals surface area contributed by atoms with Crippen LogP contribution < -0.4 is 5.32 Å². The Hall–Kier alpha value is -2.53. The van der Waals surface area contributed by atoms with Gasteiger partial charge < -0.3 is 5.32 Å². The average Bonchev–Trinajstić information content (AvgIpc) is 3.06. The first kappa shape index (κ1) is 16.3. The summed E-state index contributed by atoms with van der Waals surface area (Å²) in [6.07, 6.45) is 5.78. The predicted octanol–water partition coefficient (Wildman–Crippen LogP) is 3.39. The van der Waals surface area contributed by atoms with Crippen molar-refractivity contribution < 1.29 is 0 Å². The van der Waals surface area contributed by atoms with Crippen molar-refractivity contribution in [3.8, 4) is 11.4 Å². The third-order valence-corrected chi connectivity index (χ3v) is 4.22. The lowest BCUT2D eigenvalue weighted by atomic mass is 10.1. The molecule has 2 unspecified atom stereocenters. The van der Waals surface area contributed by atoms with Gasteiger partial charge in [-0.1, -0.05) is 30.3 Å². The zero-order chi connectivity index (χ0) is 16.9. The second kappa shape index (κ2) is 7.36. The topological polar surface area (TPSA) is 55.6 Å². The Morgan fingerprint density at radius 2 is 1.92 bits per heavy atom. The summed E-state index contributed by atoms with van der Waals surface area (Å²) in [5.41, 5.74) is 3.20. The quantitative estimate of drug-likeness (QED) is 0.756. The van der Waals surface area contributed by atoms with Crippen LogP contribution in [0.4, 0.5) is 0 Å². The van der Waals surface area contributed by atoms with E-state index in [2.05, 4.69) is 47.4 Å². The Bertz CT molecular complexity index is 781. The van der Waals surface area contributed by atoms with Gasteiger partial charge in [0.05, 0.1) is 17.9 Å². The van der Waals surface area contributed by atoms with E-state index in [9.17, 15) is 0 Å². The van der Waals surface area contributed by atoms with Gasteiger partial charge in [0.25, 0.3) is 0 Å². The fraction of sp³-hybridized carbons (Fsp3) is 0.316. The molecule has 2 aromatic heterocycles. The summed E-state index contributed by atoms with van der Waals surface area (Å²) >= 11 is 0. The second-order valence-electron chi connectivity index (χ2n) is 6.15. The van der Waals surface area contributed by atoms with Crippen LogP contribution in [0.5, 0.6) is 0 Å². The molecular formula is C19H23N5. The molecule has 0 fully saturated rings. The van der Waals surface area contributed by atoms with Gasteiger partial charge in [0.1, 0.15) is 0 Å². The molecule has 0 aliphatic carbocycles. The highest BCUT2D eigenvalue weighted by atomic mass is 15.3.